The van der Waals surface area contributed by atoms with Gasteiger partial charge in [-0.15, -0.1) is 0 Å². The number of benzene rings is 3. The van der Waals surface area contributed by atoms with E-state index in [1.807, 2.05) is 54.6 Å². The van der Waals surface area contributed by atoms with Gasteiger partial charge in [0.1, 0.15) is 18.2 Å². The Hall–Kier alpha value is -3.51. The third-order valence-electron chi connectivity index (χ3n) is 4.66. The summed E-state index contributed by atoms with van der Waals surface area (Å²) in [6.07, 6.45) is 1.83. The Labute approximate surface area is 169 Å². The van der Waals surface area contributed by atoms with E-state index in [1.165, 1.54) is 23.5 Å². The molecule has 0 unspecified atom stereocenters. The largest absolute Gasteiger partial charge is 0.488 e. The summed E-state index contributed by atoms with van der Waals surface area (Å²) >= 11 is 1.36. The maximum atomic E-state index is 13.1. The molecule has 5 rings (SSSR count). The Morgan fingerprint density at radius 1 is 1.00 bits per heavy atom. The number of thiazole rings is 1. The number of nitrogens with zero attached hydrogens (tertiary/aromatic N) is 2. The van der Waals surface area contributed by atoms with Crippen LogP contribution in [0.25, 0.3) is 22.1 Å². The lowest BCUT2D eigenvalue weighted by molar-refractivity contribution is 0.305. The van der Waals surface area contributed by atoms with Crippen LogP contribution in [0.2, 0.25) is 0 Å². The first-order chi connectivity index (χ1) is 14.2. The number of halogens is 1. The van der Waals surface area contributed by atoms with E-state index in [2.05, 4.69) is 4.98 Å². The molecule has 0 radical (unpaired) electrons. The number of fused-ring (bicyclic) bond motifs is 3. The summed E-state index contributed by atoms with van der Waals surface area (Å²) in [7, 11) is 0. The summed E-state index contributed by atoms with van der Waals surface area (Å²) in [5.74, 6) is 0.382. The molecular weight excluding hydrogens is 387 g/mol. The molecule has 0 aliphatic rings. The Bertz CT molecular complexity index is 1440. The zero-order chi connectivity index (χ0) is 19.8. The number of ether oxygens (including phenoxy) is 1. The van der Waals surface area contributed by atoms with Gasteiger partial charge in [0.2, 0.25) is 0 Å². The van der Waals surface area contributed by atoms with Gasteiger partial charge in [0.15, 0.2) is 4.96 Å². The standard InChI is InChI=1S/C23H15FN2O2S/c24-17-11-9-15(10-12-17)14-28-20-8-4-1-5-16(20)13-21-22(27)26-19-7-3-2-6-18(19)25-23(26)29-21/h1-13H,14H2/b21-13-. The van der Waals surface area contributed by atoms with Crippen LogP contribution in [-0.2, 0) is 6.61 Å². The van der Waals surface area contributed by atoms with E-state index in [9.17, 15) is 9.18 Å². The molecule has 0 aliphatic heterocycles. The van der Waals surface area contributed by atoms with Crippen molar-refractivity contribution in [3.63, 3.8) is 0 Å². The molecule has 2 aromatic heterocycles. The van der Waals surface area contributed by atoms with Gasteiger partial charge in [0, 0.05) is 5.56 Å². The molecule has 0 amide bonds. The van der Waals surface area contributed by atoms with Crippen LogP contribution < -0.4 is 14.8 Å². The van der Waals surface area contributed by atoms with E-state index >= 15 is 0 Å². The van der Waals surface area contributed by atoms with Gasteiger partial charge in [0.05, 0.1) is 15.6 Å². The van der Waals surface area contributed by atoms with Crippen molar-refractivity contribution in [3.8, 4) is 5.75 Å². The highest BCUT2D eigenvalue weighted by atomic mass is 32.1. The molecule has 29 heavy (non-hydrogen) atoms. The minimum absolute atomic E-state index is 0.0907. The van der Waals surface area contributed by atoms with Crippen molar-refractivity contribution in [2.24, 2.45) is 0 Å². The van der Waals surface area contributed by atoms with E-state index < -0.39 is 0 Å². The van der Waals surface area contributed by atoms with Gasteiger partial charge in [-0.2, -0.15) is 0 Å². The molecule has 0 N–H and O–H groups in total. The summed E-state index contributed by atoms with van der Waals surface area (Å²) in [5, 5.41) is 0. The van der Waals surface area contributed by atoms with Crippen LogP contribution >= 0.6 is 11.3 Å². The number of para-hydroxylation sites is 3. The lowest BCUT2D eigenvalue weighted by Crippen LogP contribution is -2.22. The molecule has 3 aromatic carbocycles. The van der Waals surface area contributed by atoms with Crippen LogP contribution in [0.3, 0.4) is 0 Å². The molecule has 0 saturated heterocycles. The highest BCUT2D eigenvalue weighted by molar-refractivity contribution is 7.15. The normalized spacial score (nSPS) is 12.1. The zero-order valence-corrected chi connectivity index (χ0v) is 16.0. The van der Waals surface area contributed by atoms with E-state index in [1.54, 1.807) is 16.5 Å². The first-order valence-electron chi connectivity index (χ1n) is 9.07. The van der Waals surface area contributed by atoms with Crippen LogP contribution in [0.15, 0.2) is 77.6 Å². The van der Waals surface area contributed by atoms with Crippen LogP contribution in [0.4, 0.5) is 4.39 Å². The average molecular weight is 402 g/mol. The summed E-state index contributed by atoms with van der Waals surface area (Å²) in [6.45, 7) is 0.313. The molecule has 4 nitrogen and oxygen atoms in total. The van der Waals surface area contributed by atoms with Crippen molar-refractivity contribution < 1.29 is 9.13 Å². The lowest BCUT2D eigenvalue weighted by atomic mass is 10.2. The van der Waals surface area contributed by atoms with Crippen molar-refractivity contribution >= 4 is 33.4 Å². The van der Waals surface area contributed by atoms with Crippen molar-refractivity contribution in [1.82, 2.24) is 9.38 Å². The lowest BCUT2D eigenvalue weighted by Gasteiger charge is -2.09. The van der Waals surface area contributed by atoms with Crippen molar-refractivity contribution in [2.45, 2.75) is 6.61 Å². The number of aromatic nitrogens is 2. The number of imidazole rings is 1. The Kier molecular flexibility index (Phi) is 4.33. The Balaban J connectivity index is 1.53. The van der Waals surface area contributed by atoms with Gasteiger partial charge < -0.3 is 4.74 Å². The second kappa shape index (κ2) is 7.14. The number of hydrogen-bond donors (Lipinski definition) is 0. The molecule has 0 aliphatic carbocycles. The highest BCUT2D eigenvalue weighted by Crippen LogP contribution is 2.21. The predicted octanol–water partition coefficient (Wildman–Crippen LogP) is 4.18. The molecule has 0 fully saturated rings. The summed E-state index contributed by atoms with van der Waals surface area (Å²) in [4.78, 5) is 18.2. The second-order valence-corrected chi connectivity index (χ2v) is 7.60. The third-order valence-corrected chi connectivity index (χ3v) is 5.63. The highest BCUT2D eigenvalue weighted by Gasteiger charge is 2.11. The fourth-order valence-corrected chi connectivity index (χ4v) is 4.20. The minimum atomic E-state index is -0.277. The van der Waals surface area contributed by atoms with E-state index in [0.717, 1.165) is 22.2 Å². The van der Waals surface area contributed by atoms with Crippen LogP contribution in [0.5, 0.6) is 5.75 Å². The minimum Gasteiger partial charge on any atom is -0.488 e. The summed E-state index contributed by atoms with van der Waals surface area (Å²) < 4.78 is 21.2. The van der Waals surface area contributed by atoms with Gasteiger partial charge in [-0.05, 0) is 42.0 Å². The number of hydrogen-bond acceptors (Lipinski definition) is 4. The Morgan fingerprint density at radius 3 is 2.62 bits per heavy atom. The summed E-state index contributed by atoms with van der Waals surface area (Å²) in [5.41, 5.74) is 3.20. The first-order valence-corrected chi connectivity index (χ1v) is 9.89. The predicted molar refractivity (Wildman–Crippen MR) is 113 cm³/mol. The molecule has 5 aromatic rings. The molecule has 0 atom stereocenters. The third kappa shape index (κ3) is 3.28. The van der Waals surface area contributed by atoms with Gasteiger partial charge >= 0.3 is 0 Å². The smallest absolute Gasteiger partial charge is 0.274 e. The van der Waals surface area contributed by atoms with Crippen LogP contribution in [0.1, 0.15) is 11.1 Å². The molecule has 142 valence electrons. The SMILES string of the molecule is O=c1/c(=C/c2ccccc2OCc2ccc(F)cc2)sc2nc3ccccc3n12. The molecule has 2 heterocycles. The first kappa shape index (κ1) is 17.6. The van der Waals surface area contributed by atoms with Crippen molar-refractivity contribution in [1.29, 1.82) is 0 Å². The van der Waals surface area contributed by atoms with Crippen molar-refractivity contribution in [3.05, 3.63) is 105 Å². The molecular formula is C23H15FN2O2S. The average Bonchev–Trinajstić information content (AvgIpc) is 3.25. The van der Waals surface area contributed by atoms with E-state index in [-0.39, 0.29) is 11.4 Å². The fourth-order valence-electron chi connectivity index (χ4n) is 3.23. The summed E-state index contributed by atoms with van der Waals surface area (Å²) in [6, 6.07) is 21.3. The Morgan fingerprint density at radius 2 is 1.76 bits per heavy atom. The molecule has 0 bridgehead atoms. The van der Waals surface area contributed by atoms with Gasteiger partial charge in [-0.25, -0.2) is 13.8 Å². The van der Waals surface area contributed by atoms with Gasteiger partial charge in [-0.3, -0.25) is 4.79 Å². The topological polar surface area (TPSA) is 43.6 Å². The zero-order valence-electron chi connectivity index (χ0n) is 15.2. The maximum absolute atomic E-state index is 13.1. The molecule has 0 spiro atoms. The quantitative estimate of drug-likeness (QED) is 0.453. The molecule has 0 saturated carbocycles. The van der Waals surface area contributed by atoms with E-state index in [4.69, 9.17) is 4.74 Å². The maximum Gasteiger partial charge on any atom is 0.274 e. The fraction of sp³-hybridized carbons (Fsp3) is 0.0435. The van der Waals surface area contributed by atoms with Gasteiger partial charge in [0.25, 0.3) is 5.56 Å². The van der Waals surface area contributed by atoms with Crippen molar-refractivity contribution in [2.75, 3.05) is 0 Å². The van der Waals surface area contributed by atoms with Gasteiger partial charge in [-0.1, -0.05) is 53.8 Å². The second-order valence-electron chi connectivity index (χ2n) is 6.59. The number of rotatable bonds is 4. The van der Waals surface area contributed by atoms with Crippen LogP contribution in [0, 0.1) is 5.82 Å². The monoisotopic (exact) mass is 402 g/mol. The molecule has 6 heteroatoms. The van der Waals surface area contributed by atoms with E-state index in [0.29, 0.717) is 21.8 Å². The van der Waals surface area contributed by atoms with Crippen LogP contribution in [-0.4, -0.2) is 9.38 Å².